The summed E-state index contributed by atoms with van der Waals surface area (Å²) in [5.41, 5.74) is 4.81. The summed E-state index contributed by atoms with van der Waals surface area (Å²) in [4.78, 5) is 2.41. The van der Waals surface area contributed by atoms with Crippen molar-refractivity contribution < 1.29 is 19.3 Å². The van der Waals surface area contributed by atoms with Crippen molar-refractivity contribution in [2.75, 3.05) is 27.5 Å². The number of aliphatic hydroxyl groups is 1. The summed E-state index contributed by atoms with van der Waals surface area (Å²) in [6.07, 6.45) is 5.41. The smallest absolute Gasteiger partial charge is 0.231 e. The Bertz CT molecular complexity index is 818. The number of methoxy groups -OCH3 is 1. The number of fused-ring (bicyclic) bond motifs is 2. The molecule has 2 aromatic carbocycles. The number of aryl methyl sites for hydroxylation is 1. The molecule has 0 amide bonds. The van der Waals surface area contributed by atoms with Crippen molar-refractivity contribution in [2.45, 2.75) is 44.8 Å². The van der Waals surface area contributed by atoms with Gasteiger partial charge in [0.05, 0.1) is 13.7 Å². The number of hydrogen-bond acceptors (Lipinski definition) is 5. The van der Waals surface area contributed by atoms with Crippen LogP contribution in [0.2, 0.25) is 0 Å². The first-order chi connectivity index (χ1) is 13.7. The zero-order valence-electron chi connectivity index (χ0n) is 16.7. The summed E-state index contributed by atoms with van der Waals surface area (Å²) in [5, 5.41) is 10.1. The highest BCUT2D eigenvalue weighted by molar-refractivity contribution is 5.57. The second-order valence-electron chi connectivity index (χ2n) is 7.66. The summed E-state index contributed by atoms with van der Waals surface area (Å²) in [5.74, 6) is 2.42. The average molecular weight is 383 g/mol. The molecule has 0 radical (unpaired) electrons. The van der Waals surface area contributed by atoms with E-state index in [0.717, 1.165) is 61.5 Å². The summed E-state index contributed by atoms with van der Waals surface area (Å²) in [7, 11) is 3.88. The topological polar surface area (TPSA) is 51.2 Å². The molecule has 1 N–H and O–H groups in total. The Morgan fingerprint density at radius 1 is 1.18 bits per heavy atom. The number of aliphatic hydroxyl groups excluding tert-OH is 1. The maximum Gasteiger partial charge on any atom is 0.231 e. The molecule has 2 aromatic rings. The Labute approximate surface area is 166 Å². The molecule has 2 aliphatic rings. The van der Waals surface area contributed by atoms with Crippen LogP contribution in [0, 0.1) is 0 Å². The van der Waals surface area contributed by atoms with Crippen molar-refractivity contribution in [1.29, 1.82) is 0 Å². The predicted molar refractivity (Wildman–Crippen MR) is 108 cm³/mol. The first-order valence-corrected chi connectivity index (χ1v) is 10.1. The lowest BCUT2D eigenvalue weighted by molar-refractivity contribution is 0.170. The van der Waals surface area contributed by atoms with Crippen molar-refractivity contribution in [2.24, 2.45) is 0 Å². The molecular weight excluding hydrogens is 354 g/mol. The van der Waals surface area contributed by atoms with Gasteiger partial charge in [-0.15, -0.1) is 0 Å². The van der Waals surface area contributed by atoms with Gasteiger partial charge in [0, 0.05) is 18.2 Å². The second kappa shape index (κ2) is 8.41. The Balaban J connectivity index is 1.45. The Hall–Kier alpha value is -2.24. The van der Waals surface area contributed by atoms with Crippen LogP contribution in [0.15, 0.2) is 30.3 Å². The lowest BCUT2D eigenvalue weighted by Gasteiger charge is -2.36. The normalized spacial score (nSPS) is 18.2. The molecule has 1 atom stereocenters. The SMILES string of the molecule is COc1ccc(CCCCC2c3c(cc4c(c3CO)OCO4)CCN2C)cc1. The fourth-order valence-corrected chi connectivity index (χ4v) is 4.46. The molecule has 0 saturated carbocycles. The van der Waals surface area contributed by atoms with Crippen LogP contribution in [0.4, 0.5) is 0 Å². The highest BCUT2D eigenvalue weighted by Gasteiger charge is 2.32. The summed E-state index contributed by atoms with van der Waals surface area (Å²) in [6, 6.07) is 10.8. The summed E-state index contributed by atoms with van der Waals surface area (Å²) in [6.45, 7) is 1.26. The fraction of sp³-hybridized carbons (Fsp3) is 0.478. The number of benzene rings is 2. The second-order valence-corrected chi connectivity index (χ2v) is 7.66. The van der Waals surface area contributed by atoms with E-state index in [-0.39, 0.29) is 13.4 Å². The Morgan fingerprint density at radius 3 is 2.75 bits per heavy atom. The maximum absolute atomic E-state index is 10.1. The average Bonchev–Trinajstić information content (AvgIpc) is 3.19. The van der Waals surface area contributed by atoms with E-state index in [2.05, 4.69) is 30.1 Å². The van der Waals surface area contributed by atoms with Crippen LogP contribution in [0.5, 0.6) is 17.2 Å². The maximum atomic E-state index is 10.1. The van der Waals surface area contributed by atoms with Crippen molar-refractivity contribution in [3.63, 3.8) is 0 Å². The van der Waals surface area contributed by atoms with Gasteiger partial charge in [0.25, 0.3) is 0 Å². The minimum absolute atomic E-state index is 0.00887. The van der Waals surface area contributed by atoms with Crippen LogP contribution in [0.25, 0.3) is 0 Å². The van der Waals surface area contributed by atoms with E-state index in [0.29, 0.717) is 6.04 Å². The van der Waals surface area contributed by atoms with E-state index in [1.54, 1.807) is 7.11 Å². The zero-order chi connectivity index (χ0) is 19.5. The number of rotatable bonds is 7. The van der Waals surface area contributed by atoms with Crippen LogP contribution in [0.1, 0.15) is 47.6 Å². The first-order valence-electron chi connectivity index (χ1n) is 10.1. The van der Waals surface area contributed by atoms with Crippen molar-refractivity contribution in [1.82, 2.24) is 4.90 Å². The van der Waals surface area contributed by atoms with Crippen molar-refractivity contribution in [3.8, 4) is 17.2 Å². The third-order valence-electron chi connectivity index (χ3n) is 6.00. The monoisotopic (exact) mass is 383 g/mol. The van der Waals surface area contributed by atoms with Gasteiger partial charge in [0.15, 0.2) is 11.5 Å². The molecule has 5 heteroatoms. The summed E-state index contributed by atoms with van der Waals surface area (Å²) >= 11 is 0. The molecule has 1 unspecified atom stereocenters. The molecule has 0 spiro atoms. The standard InChI is InChI=1S/C23H29NO4/c1-24-12-11-17-13-21-23(28-15-27-21)19(14-25)22(17)20(24)6-4-3-5-16-7-9-18(26-2)10-8-16/h7-10,13,20,25H,3-6,11-12,14-15H2,1-2H3. The van der Waals surface area contributed by atoms with Gasteiger partial charge in [-0.2, -0.15) is 0 Å². The van der Waals surface area contributed by atoms with Crippen LogP contribution >= 0.6 is 0 Å². The molecule has 0 aromatic heterocycles. The number of unbranched alkanes of at least 4 members (excludes halogenated alkanes) is 1. The molecule has 150 valence electrons. The minimum Gasteiger partial charge on any atom is -0.497 e. The first kappa shape index (κ1) is 19.1. The molecule has 0 fully saturated rings. The van der Waals surface area contributed by atoms with Gasteiger partial charge in [0.1, 0.15) is 5.75 Å². The number of ether oxygens (including phenoxy) is 3. The highest BCUT2D eigenvalue weighted by Crippen LogP contribution is 2.45. The Kier molecular flexibility index (Phi) is 5.74. The van der Waals surface area contributed by atoms with Crippen LogP contribution in [-0.2, 0) is 19.4 Å². The molecule has 0 bridgehead atoms. The number of likely N-dealkylation sites (N-methyl/N-ethyl adjacent to an activating group) is 1. The van der Waals surface area contributed by atoms with E-state index >= 15 is 0 Å². The molecule has 2 aliphatic heterocycles. The molecule has 5 nitrogen and oxygen atoms in total. The van der Waals surface area contributed by atoms with Gasteiger partial charge in [0.2, 0.25) is 6.79 Å². The van der Waals surface area contributed by atoms with E-state index < -0.39 is 0 Å². The van der Waals surface area contributed by atoms with Gasteiger partial charge in [-0.1, -0.05) is 18.6 Å². The lowest BCUT2D eigenvalue weighted by Crippen LogP contribution is -2.33. The third kappa shape index (κ3) is 3.69. The van der Waals surface area contributed by atoms with E-state index in [1.165, 1.54) is 16.7 Å². The van der Waals surface area contributed by atoms with Gasteiger partial charge in [-0.25, -0.2) is 0 Å². The third-order valence-corrected chi connectivity index (χ3v) is 6.00. The van der Waals surface area contributed by atoms with Gasteiger partial charge >= 0.3 is 0 Å². The van der Waals surface area contributed by atoms with E-state index in [4.69, 9.17) is 14.2 Å². The van der Waals surface area contributed by atoms with Crippen molar-refractivity contribution in [3.05, 3.63) is 52.6 Å². The van der Waals surface area contributed by atoms with Crippen molar-refractivity contribution >= 4 is 0 Å². The molecular formula is C23H29NO4. The molecule has 0 aliphatic carbocycles. The zero-order valence-corrected chi connectivity index (χ0v) is 16.7. The van der Waals surface area contributed by atoms with Gasteiger partial charge < -0.3 is 19.3 Å². The van der Waals surface area contributed by atoms with E-state index in [1.807, 2.05) is 12.1 Å². The molecule has 2 heterocycles. The number of nitrogens with zero attached hydrogens (tertiary/aromatic N) is 1. The van der Waals surface area contributed by atoms with Crippen LogP contribution < -0.4 is 14.2 Å². The molecule has 4 rings (SSSR count). The fourth-order valence-electron chi connectivity index (χ4n) is 4.46. The highest BCUT2D eigenvalue weighted by atomic mass is 16.7. The Morgan fingerprint density at radius 2 is 2.00 bits per heavy atom. The number of hydrogen-bond donors (Lipinski definition) is 1. The lowest BCUT2D eigenvalue weighted by atomic mass is 9.85. The summed E-state index contributed by atoms with van der Waals surface area (Å²) < 4.78 is 16.5. The van der Waals surface area contributed by atoms with Crippen LogP contribution in [0.3, 0.4) is 0 Å². The minimum atomic E-state index is -0.00887. The quantitative estimate of drug-likeness (QED) is 0.736. The molecule has 28 heavy (non-hydrogen) atoms. The van der Waals surface area contributed by atoms with Gasteiger partial charge in [-0.3, -0.25) is 4.90 Å². The van der Waals surface area contributed by atoms with E-state index in [9.17, 15) is 5.11 Å². The van der Waals surface area contributed by atoms with Gasteiger partial charge in [-0.05, 0) is 67.6 Å². The largest absolute Gasteiger partial charge is 0.497 e. The van der Waals surface area contributed by atoms with Crippen LogP contribution in [-0.4, -0.2) is 37.5 Å². The predicted octanol–water partition coefficient (Wildman–Crippen LogP) is 3.86. The molecule has 0 saturated heterocycles.